The van der Waals surface area contributed by atoms with Crippen molar-refractivity contribution in [3.8, 4) is 11.5 Å². The van der Waals surface area contributed by atoms with E-state index < -0.39 is 22.0 Å². The molecular weight excluding hydrogens is 567 g/mol. The van der Waals surface area contributed by atoms with E-state index in [4.69, 9.17) is 9.47 Å². The fraction of sp³-hybridized carbons (Fsp3) is 0.190. The van der Waals surface area contributed by atoms with Gasteiger partial charge in [0.25, 0.3) is 16.8 Å². The van der Waals surface area contributed by atoms with Gasteiger partial charge in [-0.3, -0.25) is 24.6 Å². The topological polar surface area (TPSA) is 125 Å². The summed E-state index contributed by atoms with van der Waals surface area (Å²) in [6.45, 7) is -0.507. The fourth-order valence-corrected chi connectivity index (χ4v) is 4.55. The van der Waals surface area contributed by atoms with Crippen molar-refractivity contribution < 1.29 is 33.5 Å². The van der Waals surface area contributed by atoms with E-state index in [9.17, 15) is 24.5 Å². The van der Waals surface area contributed by atoms with Crippen LogP contribution in [0.2, 0.25) is 0 Å². The number of thioether (sulfide) groups is 1. The van der Waals surface area contributed by atoms with E-state index in [0.717, 1.165) is 16.7 Å². The lowest BCUT2D eigenvalue weighted by Gasteiger charge is -2.13. The van der Waals surface area contributed by atoms with Gasteiger partial charge in [0.1, 0.15) is 0 Å². The number of carbonyl (C=O) groups excluding carboxylic acids is 3. The molecule has 1 aliphatic heterocycles. The van der Waals surface area contributed by atoms with Gasteiger partial charge in [0.2, 0.25) is 0 Å². The number of esters is 1. The third kappa shape index (κ3) is 5.63. The molecule has 0 aliphatic carbocycles. The van der Waals surface area contributed by atoms with Crippen LogP contribution in [0, 0.1) is 13.7 Å². The van der Waals surface area contributed by atoms with Gasteiger partial charge < -0.3 is 14.2 Å². The Kier molecular flexibility index (Phi) is 7.92. The van der Waals surface area contributed by atoms with Crippen LogP contribution in [-0.2, 0) is 20.9 Å². The van der Waals surface area contributed by atoms with Crippen LogP contribution in [0.15, 0.2) is 41.3 Å². The molecule has 3 rings (SSSR count). The maximum absolute atomic E-state index is 12.9. The zero-order valence-electron chi connectivity index (χ0n) is 17.4. The highest BCUT2D eigenvalue weighted by Crippen LogP contribution is 2.38. The number of carbonyl (C=O) groups is 3. The Morgan fingerprint density at radius 2 is 1.97 bits per heavy atom. The van der Waals surface area contributed by atoms with Crippen molar-refractivity contribution >= 4 is 63.2 Å². The van der Waals surface area contributed by atoms with Gasteiger partial charge in [0.15, 0.2) is 18.1 Å². The highest BCUT2D eigenvalue weighted by atomic mass is 127. The molecule has 0 atom stereocenters. The summed E-state index contributed by atoms with van der Waals surface area (Å²) in [5.41, 5.74) is 0.662. The third-order valence-corrected chi connectivity index (χ3v) is 6.21. The number of nitro groups is 1. The first kappa shape index (κ1) is 24.5. The molecule has 0 saturated carbocycles. The van der Waals surface area contributed by atoms with Crippen molar-refractivity contribution in [2.75, 3.05) is 20.8 Å². The van der Waals surface area contributed by atoms with Crippen LogP contribution >= 0.6 is 34.4 Å². The van der Waals surface area contributed by atoms with E-state index in [0.29, 0.717) is 20.6 Å². The van der Waals surface area contributed by atoms with Crippen molar-refractivity contribution in [1.82, 2.24) is 4.90 Å². The molecule has 10 nitrogen and oxygen atoms in total. The molecule has 1 aliphatic rings. The minimum atomic E-state index is -0.553. The number of amides is 2. The molecule has 172 valence electrons. The number of imide groups is 1. The third-order valence-electron chi connectivity index (χ3n) is 4.50. The molecule has 2 amide bonds. The second-order valence-electron chi connectivity index (χ2n) is 6.55. The van der Waals surface area contributed by atoms with Crippen LogP contribution in [0.1, 0.15) is 11.1 Å². The maximum atomic E-state index is 12.9. The summed E-state index contributed by atoms with van der Waals surface area (Å²) in [6.07, 6.45) is 1.53. The number of halogens is 1. The lowest BCUT2D eigenvalue weighted by molar-refractivity contribution is -0.385. The van der Waals surface area contributed by atoms with Crippen molar-refractivity contribution in [3.05, 3.63) is 66.1 Å². The number of nitrogens with zero attached hydrogens (tertiary/aromatic N) is 2. The molecular formula is C21H17IN2O8S. The van der Waals surface area contributed by atoms with Crippen LogP contribution in [0.3, 0.4) is 0 Å². The highest BCUT2D eigenvalue weighted by Gasteiger charge is 2.36. The monoisotopic (exact) mass is 584 g/mol. The van der Waals surface area contributed by atoms with E-state index in [1.165, 1.54) is 38.5 Å². The van der Waals surface area contributed by atoms with Crippen LogP contribution in [0.5, 0.6) is 11.5 Å². The number of nitro benzene ring substituents is 1. The van der Waals surface area contributed by atoms with Crippen LogP contribution in [0.4, 0.5) is 10.5 Å². The van der Waals surface area contributed by atoms with Gasteiger partial charge in [0.05, 0.1) is 34.2 Å². The minimum Gasteiger partial charge on any atom is -0.493 e. The van der Waals surface area contributed by atoms with Crippen molar-refractivity contribution in [2.45, 2.75) is 6.54 Å². The molecule has 0 aromatic heterocycles. The average Bonchev–Trinajstić information content (AvgIpc) is 3.05. The van der Waals surface area contributed by atoms with Gasteiger partial charge in [0, 0.05) is 11.6 Å². The first-order chi connectivity index (χ1) is 15.7. The summed E-state index contributed by atoms with van der Waals surface area (Å²) in [4.78, 5) is 48.5. The fourth-order valence-electron chi connectivity index (χ4n) is 2.93. The molecule has 33 heavy (non-hydrogen) atoms. The molecule has 0 N–H and O–H groups in total. The zero-order valence-corrected chi connectivity index (χ0v) is 20.4. The molecule has 12 heteroatoms. The van der Waals surface area contributed by atoms with Gasteiger partial charge in [-0.05, 0) is 58.1 Å². The Hall–Kier alpha value is -3.13. The quantitative estimate of drug-likeness (QED) is 0.149. The predicted octanol–water partition coefficient (Wildman–Crippen LogP) is 4.00. The summed E-state index contributed by atoms with van der Waals surface area (Å²) < 4.78 is 16.0. The first-order valence-corrected chi connectivity index (χ1v) is 11.2. The number of para-hydroxylation sites is 1. The lowest BCUT2D eigenvalue weighted by atomic mass is 10.1. The molecule has 2 aromatic carbocycles. The molecule has 1 saturated heterocycles. The van der Waals surface area contributed by atoms with Gasteiger partial charge in [-0.25, -0.2) is 4.79 Å². The standard InChI is InChI=1S/C21H17IN2O8S/c1-30-16-8-12(7-14(22)19(16)32-11-18(25)31-2)9-17-20(26)23(21(27)33-17)10-13-5-3-4-6-15(13)24(28)29/h3-9H,10-11H2,1-2H3/b17-9-. The summed E-state index contributed by atoms with van der Waals surface area (Å²) >= 11 is 2.74. The Bertz CT molecular complexity index is 1170. The van der Waals surface area contributed by atoms with Crippen LogP contribution in [-0.4, -0.2) is 47.8 Å². The van der Waals surface area contributed by atoms with E-state index in [-0.39, 0.29) is 29.3 Å². The van der Waals surface area contributed by atoms with Gasteiger partial charge >= 0.3 is 5.97 Å². The van der Waals surface area contributed by atoms with E-state index in [1.54, 1.807) is 18.2 Å². The SMILES string of the molecule is COC(=O)COc1c(I)cc(/C=C2\SC(=O)N(Cc3ccccc3[N+](=O)[O-])C2=O)cc1OC. The molecule has 0 bridgehead atoms. The summed E-state index contributed by atoms with van der Waals surface area (Å²) in [5, 5.41) is 10.7. The molecule has 0 radical (unpaired) electrons. The molecule has 0 unspecified atom stereocenters. The second kappa shape index (κ2) is 10.7. The summed E-state index contributed by atoms with van der Waals surface area (Å²) in [6, 6.07) is 9.25. The summed E-state index contributed by atoms with van der Waals surface area (Å²) in [5.74, 6) is -0.436. The molecule has 2 aromatic rings. The van der Waals surface area contributed by atoms with Crippen molar-refractivity contribution in [2.24, 2.45) is 0 Å². The van der Waals surface area contributed by atoms with Gasteiger partial charge in [-0.15, -0.1) is 0 Å². The van der Waals surface area contributed by atoms with Gasteiger partial charge in [-0.2, -0.15) is 0 Å². The number of ether oxygens (including phenoxy) is 3. The number of methoxy groups -OCH3 is 2. The normalized spacial score (nSPS) is 14.5. The van der Waals surface area contributed by atoms with Crippen LogP contribution < -0.4 is 9.47 Å². The Morgan fingerprint density at radius 3 is 2.64 bits per heavy atom. The molecule has 1 fully saturated rings. The summed E-state index contributed by atoms with van der Waals surface area (Å²) in [7, 11) is 2.68. The Morgan fingerprint density at radius 1 is 1.24 bits per heavy atom. The number of rotatable bonds is 8. The second-order valence-corrected chi connectivity index (χ2v) is 8.71. The van der Waals surface area contributed by atoms with Crippen molar-refractivity contribution in [1.29, 1.82) is 0 Å². The largest absolute Gasteiger partial charge is 0.493 e. The number of benzene rings is 2. The Labute approximate surface area is 206 Å². The maximum Gasteiger partial charge on any atom is 0.343 e. The smallest absolute Gasteiger partial charge is 0.343 e. The average molecular weight is 584 g/mol. The zero-order chi connectivity index (χ0) is 24.1. The minimum absolute atomic E-state index is 0.164. The highest BCUT2D eigenvalue weighted by molar-refractivity contribution is 14.1. The molecule has 1 heterocycles. The lowest BCUT2D eigenvalue weighted by Crippen LogP contribution is -2.27. The van der Waals surface area contributed by atoms with Crippen molar-refractivity contribution in [3.63, 3.8) is 0 Å². The van der Waals surface area contributed by atoms with E-state index >= 15 is 0 Å². The number of hydrogen-bond acceptors (Lipinski definition) is 9. The number of hydrogen-bond donors (Lipinski definition) is 0. The first-order valence-electron chi connectivity index (χ1n) is 9.30. The van der Waals surface area contributed by atoms with E-state index in [2.05, 4.69) is 4.74 Å². The van der Waals surface area contributed by atoms with Crippen LogP contribution in [0.25, 0.3) is 6.08 Å². The predicted molar refractivity (Wildman–Crippen MR) is 128 cm³/mol. The van der Waals surface area contributed by atoms with Gasteiger partial charge in [-0.1, -0.05) is 18.2 Å². The Balaban J connectivity index is 1.85. The molecule has 0 spiro atoms. The van der Waals surface area contributed by atoms with E-state index in [1.807, 2.05) is 22.6 Å².